The quantitative estimate of drug-likeness (QED) is 0.639. The van der Waals surface area contributed by atoms with Crippen molar-refractivity contribution in [2.75, 3.05) is 0 Å². The zero-order chi connectivity index (χ0) is 14.4. The third kappa shape index (κ3) is 1.76. The maximum absolute atomic E-state index is 11.5. The first-order chi connectivity index (χ1) is 10.3. The number of aldehydes is 1. The summed E-state index contributed by atoms with van der Waals surface area (Å²) >= 11 is 6.35. The van der Waals surface area contributed by atoms with E-state index in [-0.39, 0.29) is 6.04 Å². The maximum Gasteiger partial charge on any atom is 0.148 e. The molecule has 3 aromatic rings. The van der Waals surface area contributed by atoms with Crippen molar-refractivity contribution in [2.45, 2.75) is 6.04 Å². The number of halogens is 1. The molecule has 2 heterocycles. The average molecular weight is 294 g/mol. The Bertz CT molecular complexity index is 891. The van der Waals surface area contributed by atoms with E-state index < -0.39 is 0 Å². The molecule has 1 atom stereocenters. The van der Waals surface area contributed by atoms with Crippen LogP contribution in [0.3, 0.4) is 0 Å². The number of carbonyl (C=O) groups excluding carboxylic acids is 1. The third-order valence-corrected chi connectivity index (χ3v) is 4.35. The molecular weight excluding hydrogens is 282 g/mol. The van der Waals surface area contributed by atoms with Crippen molar-refractivity contribution in [1.82, 2.24) is 4.57 Å². The summed E-state index contributed by atoms with van der Waals surface area (Å²) in [6.45, 7) is 0. The number of fused-ring (bicyclic) bond motifs is 3. The first-order valence-corrected chi connectivity index (χ1v) is 7.18. The van der Waals surface area contributed by atoms with Gasteiger partial charge in [0.25, 0.3) is 0 Å². The fraction of sp³-hybridized carbons (Fsp3) is 0.0556. The van der Waals surface area contributed by atoms with Gasteiger partial charge in [-0.05, 0) is 29.8 Å². The van der Waals surface area contributed by atoms with Crippen molar-refractivity contribution in [3.8, 4) is 0 Å². The molecule has 21 heavy (non-hydrogen) atoms. The Morgan fingerprint density at radius 2 is 1.81 bits per heavy atom. The molecule has 0 spiro atoms. The molecule has 0 unspecified atom stereocenters. The molecule has 0 N–H and O–H groups in total. The fourth-order valence-corrected chi connectivity index (χ4v) is 3.35. The minimum atomic E-state index is -0.147. The van der Waals surface area contributed by atoms with Gasteiger partial charge in [-0.25, -0.2) is 0 Å². The first-order valence-electron chi connectivity index (χ1n) is 6.81. The van der Waals surface area contributed by atoms with E-state index in [0.717, 1.165) is 28.6 Å². The Labute approximate surface area is 127 Å². The van der Waals surface area contributed by atoms with E-state index in [1.54, 1.807) is 0 Å². The van der Waals surface area contributed by atoms with Crippen molar-refractivity contribution in [3.63, 3.8) is 0 Å². The monoisotopic (exact) mass is 293 g/mol. The summed E-state index contributed by atoms with van der Waals surface area (Å²) < 4.78 is 2.18. The lowest BCUT2D eigenvalue weighted by Crippen LogP contribution is -2.10. The van der Waals surface area contributed by atoms with E-state index in [2.05, 4.69) is 22.8 Å². The summed E-state index contributed by atoms with van der Waals surface area (Å²) in [7, 11) is 0. The number of benzene rings is 2. The van der Waals surface area contributed by atoms with Gasteiger partial charge in [-0.2, -0.15) is 0 Å². The molecule has 0 fully saturated rings. The molecule has 1 aliphatic rings. The van der Waals surface area contributed by atoms with Crippen LogP contribution in [0.4, 0.5) is 0 Å². The van der Waals surface area contributed by atoms with Crippen LogP contribution in [0, 0.1) is 0 Å². The van der Waals surface area contributed by atoms with Gasteiger partial charge in [-0.3, -0.25) is 4.79 Å². The largest absolute Gasteiger partial charge is 0.329 e. The summed E-state index contributed by atoms with van der Waals surface area (Å²) in [5, 5.41) is 1.85. The lowest BCUT2D eigenvalue weighted by Gasteiger charge is -2.18. The molecule has 1 aromatic heterocycles. The van der Waals surface area contributed by atoms with E-state index in [0.29, 0.717) is 5.02 Å². The Balaban J connectivity index is 2.02. The SMILES string of the molecule is O=CC1=Cc2cc3ccccc3n2[C@@H]1c1ccccc1Cl. The van der Waals surface area contributed by atoms with E-state index in [1.165, 1.54) is 5.39 Å². The van der Waals surface area contributed by atoms with Crippen molar-refractivity contribution in [3.05, 3.63) is 76.5 Å². The van der Waals surface area contributed by atoms with Gasteiger partial charge in [0.2, 0.25) is 0 Å². The number of nitrogens with zero attached hydrogens (tertiary/aromatic N) is 1. The van der Waals surface area contributed by atoms with Crippen LogP contribution < -0.4 is 0 Å². The lowest BCUT2D eigenvalue weighted by molar-refractivity contribution is -0.105. The molecule has 3 heteroatoms. The summed E-state index contributed by atoms with van der Waals surface area (Å²) in [4.78, 5) is 11.5. The van der Waals surface area contributed by atoms with Gasteiger partial charge in [0.1, 0.15) is 6.29 Å². The molecule has 1 aliphatic heterocycles. The highest BCUT2D eigenvalue weighted by Crippen LogP contribution is 2.40. The normalized spacial score (nSPS) is 16.8. The maximum atomic E-state index is 11.5. The number of carbonyl (C=O) groups is 1. The van der Waals surface area contributed by atoms with Crippen molar-refractivity contribution < 1.29 is 4.79 Å². The van der Waals surface area contributed by atoms with Crippen LogP contribution in [-0.2, 0) is 4.79 Å². The van der Waals surface area contributed by atoms with Crippen LogP contribution in [0.5, 0.6) is 0 Å². The second-order valence-electron chi connectivity index (χ2n) is 5.18. The summed E-state index contributed by atoms with van der Waals surface area (Å²) in [5.41, 5.74) is 3.86. The minimum absolute atomic E-state index is 0.147. The number of hydrogen-bond acceptors (Lipinski definition) is 1. The smallest absolute Gasteiger partial charge is 0.148 e. The fourth-order valence-electron chi connectivity index (χ4n) is 3.11. The highest BCUT2D eigenvalue weighted by molar-refractivity contribution is 6.31. The number of aromatic nitrogens is 1. The Morgan fingerprint density at radius 3 is 2.62 bits per heavy atom. The van der Waals surface area contributed by atoms with Gasteiger partial charge in [-0.1, -0.05) is 48.0 Å². The van der Waals surface area contributed by atoms with Crippen molar-refractivity contribution >= 4 is 34.9 Å². The highest BCUT2D eigenvalue weighted by atomic mass is 35.5. The summed E-state index contributed by atoms with van der Waals surface area (Å²) in [5.74, 6) is 0. The zero-order valence-electron chi connectivity index (χ0n) is 11.2. The molecular formula is C18H12ClNO. The number of hydrogen-bond donors (Lipinski definition) is 0. The van der Waals surface area contributed by atoms with Crippen LogP contribution in [0.25, 0.3) is 17.0 Å². The molecule has 0 radical (unpaired) electrons. The van der Waals surface area contributed by atoms with Gasteiger partial charge in [-0.15, -0.1) is 0 Å². The van der Waals surface area contributed by atoms with Crippen LogP contribution in [0.15, 0.2) is 60.2 Å². The predicted octanol–water partition coefficient (Wildman–Crippen LogP) is 4.48. The summed E-state index contributed by atoms with van der Waals surface area (Å²) in [6.07, 6.45) is 2.87. The Hall–Kier alpha value is -2.32. The highest BCUT2D eigenvalue weighted by Gasteiger charge is 2.29. The first kappa shape index (κ1) is 12.4. The standard InChI is InChI=1S/C18H12ClNO/c19-16-7-3-2-6-15(16)18-13(11-21)10-14-9-12-5-1-4-8-17(12)20(14)18/h1-11,18H/t18-/m0/s1. The molecule has 0 saturated heterocycles. The number of para-hydroxylation sites is 1. The third-order valence-electron chi connectivity index (χ3n) is 4.00. The molecule has 4 rings (SSSR count). The second kappa shape index (κ2) is 4.61. The van der Waals surface area contributed by atoms with E-state index in [4.69, 9.17) is 11.6 Å². The predicted molar refractivity (Wildman–Crippen MR) is 85.6 cm³/mol. The van der Waals surface area contributed by atoms with E-state index in [9.17, 15) is 4.79 Å². The van der Waals surface area contributed by atoms with Gasteiger partial charge >= 0.3 is 0 Å². The van der Waals surface area contributed by atoms with Gasteiger partial charge in [0, 0.05) is 27.2 Å². The topological polar surface area (TPSA) is 22.0 Å². The number of rotatable bonds is 2. The van der Waals surface area contributed by atoms with Gasteiger partial charge < -0.3 is 4.57 Å². The number of allylic oxidation sites excluding steroid dienone is 1. The summed E-state index contributed by atoms with van der Waals surface area (Å²) in [6, 6.07) is 17.8. The molecule has 2 aromatic carbocycles. The van der Waals surface area contributed by atoms with Gasteiger partial charge in [0.15, 0.2) is 0 Å². The Morgan fingerprint density at radius 1 is 1.05 bits per heavy atom. The molecule has 2 nitrogen and oxygen atoms in total. The molecule has 0 amide bonds. The lowest BCUT2D eigenvalue weighted by atomic mass is 10.0. The van der Waals surface area contributed by atoms with Crippen LogP contribution in [-0.4, -0.2) is 10.9 Å². The molecule has 0 bridgehead atoms. The minimum Gasteiger partial charge on any atom is -0.329 e. The van der Waals surface area contributed by atoms with E-state index in [1.807, 2.05) is 42.5 Å². The van der Waals surface area contributed by atoms with Crippen molar-refractivity contribution in [1.29, 1.82) is 0 Å². The molecule has 0 saturated carbocycles. The average Bonchev–Trinajstić information content (AvgIpc) is 3.03. The zero-order valence-corrected chi connectivity index (χ0v) is 11.9. The van der Waals surface area contributed by atoms with Crippen LogP contribution in [0.1, 0.15) is 17.3 Å². The molecule has 0 aliphatic carbocycles. The second-order valence-corrected chi connectivity index (χ2v) is 5.59. The molecule has 102 valence electrons. The van der Waals surface area contributed by atoms with Crippen LogP contribution >= 0.6 is 11.6 Å². The van der Waals surface area contributed by atoms with E-state index >= 15 is 0 Å². The van der Waals surface area contributed by atoms with Crippen LogP contribution in [0.2, 0.25) is 5.02 Å². The van der Waals surface area contributed by atoms with Gasteiger partial charge in [0.05, 0.1) is 6.04 Å². The van der Waals surface area contributed by atoms with Crippen molar-refractivity contribution in [2.24, 2.45) is 0 Å². The Kier molecular flexibility index (Phi) is 2.72.